The summed E-state index contributed by atoms with van der Waals surface area (Å²) < 4.78 is 1.80. The van der Waals surface area contributed by atoms with Crippen molar-refractivity contribution in [1.29, 1.82) is 0 Å². The lowest BCUT2D eigenvalue weighted by molar-refractivity contribution is 0.0944. The van der Waals surface area contributed by atoms with Gasteiger partial charge in [0.05, 0.1) is 0 Å². The molecule has 0 aliphatic carbocycles. The van der Waals surface area contributed by atoms with Crippen LogP contribution in [0.2, 0.25) is 5.02 Å². The Morgan fingerprint density at radius 1 is 1.07 bits per heavy atom. The molecule has 8 heteroatoms. The van der Waals surface area contributed by atoms with Crippen LogP contribution in [0.15, 0.2) is 42.6 Å². The number of nitrogens with zero attached hydrogens (tertiary/aromatic N) is 4. The molecule has 1 amide bonds. The Kier molecular flexibility index (Phi) is 5.92. The maximum Gasteiger partial charge on any atom is 0.268 e. The average Bonchev–Trinajstić information content (AvgIpc) is 3.30. The minimum absolute atomic E-state index is 0.156. The molecular formula is C20H22ClN5OS. The van der Waals surface area contributed by atoms with Gasteiger partial charge >= 0.3 is 0 Å². The molecule has 3 heterocycles. The minimum atomic E-state index is -0.156. The van der Waals surface area contributed by atoms with E-state index in [1.165, 1.54) is 37.0 Å². The molecule has 1 saturated heterocycles. The van der Waals surface area contributed by atoms with Crippen LogP contribution in [0.5, 0.6) is 0 Å². The van der Waals surface area contributed by atoms with Crippen molar-refractivity contribution in [3.63, 3.8) is 0 Å². The summed E-state index contributed by atoms with van der Waals surface area (Å²) in [6.45, 7) is 2.46. The number of hydrogen-bond donors (Lipinski definition) is 1. The number of halogens is 1. The molecule has 0 atom stereocenters. The largest absolute Gasteiger partial charge is 0.347 e. The molecule has 146 valence electrons. The topological polar surface area (TPSA) is 63.1 Å². The van der Waals surface area contributed by atoms with Gasteiger partial charge in [-0.3, -0.25) is 9.36 Å². The summed E-state index contributed by atoms with van der Waals surface area (Å²) in [6, 6.07) is 11.1. The number of nitrogens with one attached hydrogen (secondary N) is 1. The fourth-order valence-corrected chi connectivity index (χ4v) is 4.46. The zero-order valence-corrected chi connectivity index (χ0v) is 17.0. The first-order valence-electron chi connectivity index (χ1n) is 9.49. The van der Waals surface area contributed by atoms with E-state index < -0.39 is 0 Å². The second kappa shape index (κ2) is 8.75. The SMILES string of the molecule is O=C(NCc1cccc(Cl)c1)c1cccn1-c1nnc(N2CCCCCC2)s1. The molecule has 0 unspecified atom stereocenters. The van der Waals surface area contributed by atoms with Crippen molar-refractivity contribution in [2.75, 3.05) is 18.0 Å². The first kappa shape index (κ1) is 19.0. The molecule has 3 aromatic rings. The number of hydrogen-bond acceptors (Lipinski definition) is 5. The predicted molar refractivity (Wildman–Crippen MR) is 113 cm³/mol. The van der Waals surface area contributed by atoms with Crippen molar-refractivity contribution in [3.05, 3.63) is 58.9 Å². The second-order valence-electron chi connectivity index (χ2n) is 6.84. The molecule has 0 radical (unpaired) electrons. The van der Waals surface area contributed by atoms with Crippen molar-refractivity contribution in [2.45, 2.75) is 32.2 Å². The molecule has 1 fully saturated rings. The molecule has 0 spiro atoms. The number of anilines is 1. The molecule has 4 rings (SSSR count). The van der Waals surface area contributed by atoms with E-state index in [4.69, 9.17) is 11.6 Å². The van der Waals surface area contributed by atoms with Crippen molar-refractivity contribution in [3.8, 4) is 5.13 Å². The van der Waals surface area contributed by atoms with E-state index in [2.05, 4.69) is 20.4 Å². The van der Waals surface area contributed by atoms with Crippen LogP contribution in [0.3, 0.4) is 0 Å². The van der Waals surface area contributed by atoms with Gasteiger partial charge in [0, 0.05) is 30.9 Å². The van der Waals surface area contributed by atoms with Crippen LogP contribution < -0.4 is 10.2 Å². The van der Waals surface area contributed by atoms with E-state index in [9.17, 15) is 4.79 Å². The molecule has 0 bridgehead atoms. The van der Waals surface area contributed by atoms with E-state index in [0.717, 1.165) is 23.8 Å². The highest BCUT2D eigenvalue weighted by Crippen LogP contribution is 2.26. The summed E-state index contributed by atoms with van der Waals surface area (Å²) in [5, 5.41) is 13.9. The van der Waals surface area contributed by atoms with Crippen LogP contribution in [0.4, 0.5) is 5.13 Å². The summed E-state index contributed by atoms with van der Waals surface area (Å²) >= 11 is 7.53. The van der Waals surface area contributed by atoms with Crippen LogP contribution >= 0.6 is 22.9 Å². The maximum atomic E-state index is 12.7. The first-order chi connectivity index (χ1) is 13.7. The lowest BCUT2D eigenvalue weighted by Crippen LogP contribution is -2.25. The Balaban J connectivity index is 1.47. The first-order valence-corrected chi connectivity index (χ1v) is 10.7. The molecule has 6 nitrogen and oxygen atoms in total. The Labute approximate surface area is 173 Å². The van der Waals surface area contributed by atoms with Gasteiger partial charge in [0.2, 0.25) is 10.3 Å². The third kappa shape index (κ3) is 4.36. The third-order valence-corrected chi connectivity index (χ3v) is 6.03. The van der Waals surface area contributed by atoms with Gasteiger partial charge < -0.3 is 10.2 Å². The zero-order valence-electron chi connectivity index (χ0n) is 15.5. The molecule has 0 saturated carbocycles. The number of carbonyl (C=O) groups excluding carboxylic acids is 1. The predicted octanol–water partition coefficient (Wildman–Crippen LogP) is 4.29. The van der Waals surface area contributed by atoms with E-state index >= 15 is 0 Å². The van der Waals surface area contributed by atoms with Gasteiger partial charge in [-0.15, -0.1) is 10.2 Å². The lowest BCUT2D eigenvalue weighted by atomic mass is 10.2. The lowest BCUT2D eigenvalue weighted by Gasteiger charge is -2.17. The van der Waals surface area contributed by atoms with Crippen LogP contribution in [0.1, 0.15) is 41.7 Å². The van der Waals surface area contributed by atoms with Crippen molar-refractivity contribution < 1.29 is 4.79 Å². The summed E-state index contributed by atoms with van der Waals surface area (Å²) in [4.78, 5) is 15.0. The van der Waals surface area contributed by atoms with Gasteiger partial charge in [-0.05, 0) is 42.7 Å². The summed E-state index contributed by atoms with van der Waals surface area (Å²) in [6.07, 6.45) is 6.78. The smallest absolute Gasteiger partial charge is 0.268 e. The van der Waals surface area contributed by atoms with Crippen molar-refractivity contribution in [1.82, 2.24) is 20.1 Å². The summed E-state index contributed by atoms with van der Waals surface area (Å²) in [5.74, 6) is -0.156. The fraction of sp³-hybridized carbons (Fsp3) is 0.350. The van der Waals surface area contributed by atoms with E-state index in [-0.39, 0.29) is 5.91 Å². The number of aromatic nitrogens is 3. The number of rotatable bonds is 5. The van der Waals surface area contributed by atoms with Crippen molar-refractivity contribution in [2.24, 2.45) is 0 Å². The van der Waals surface area contributed by atoms with Gasteiger partial charge in [-0.1, -0.05) is 47.9 Å². The Morgan fingerprint density at radius 2 is 1.86 bits per heavy atom. The highest BCUT2D eigenvalue weighted by Gasteiger charge is 2.18. The second-order valence-corrected chi connectivity index (χ2v) is 8.22. The summed E-state index contributed by atoms with van der Waals surface area (Å²) in [7, 11) is 0. The Hall–Kier alpha value is -2.38. The highest BCUT2D eigenvalue weighted by molar-refractivity contribution is 7.17. The highest BCUT2D eigenvalue weighted by atomic mass is 35.5. The normalized spacial score (nSPS) is 14.7. The standard InChI is InChI=1S/C20H22ClN5OS/c21-16-8-5-7-15(13-16)14-22-18(27)17-9-6-12-26(17)20-24-23-19(28-20)25-10-3-1-2-4-11-25/h5-9,12-13H,1-4,10-11,14H2,(H,22,27). The van der Waals surface area contributed by atoms with E-state index in [0.29, 0.717) is 22.4 Å². The van der Waals surface area contributed by atoms with Gasteiger partial charge in [0.15, 0.2) is 0 Å². The van der Waals surface area contributed by atoms with Crippen LogP contribution in [0.25, 0.3) is 5.13 Å². The van der Waals surface area contributed by atoms with E-state index in [1.807, 2.05) is 36.5 Å². The molecule has 1 N–H and O–H groups in total. The number of carbonyl (C=O) groups is 1. The fourth-order valence-electron chi connectivity index (χ4n) is 3.35. The molecule has 1 aliphatic heterocycles. The van der Waals surface area contributed by atoms with Gasteiger partial charge in [-0.2, -0.15) is 0 Å². The Bertz CT molecular complexity index is 945. The van der Waals surface area contributed by atoms with Crippen molar-refractivity contribution >= 4 is 34.0 Å². The molecular weight excluding hydrogens is 394 g/mol. The monoisotopic (exact) mass is 415 g/mol. The minimum Gasteiger partial charge on any atom is -0.347 e. The van der Waals surface area contributed by atoms with Crippen LogP contribution in [0, 0.1) is 0 Å². The number of benzene rings is 1. The quantitative estimate of drug-likeness (QED) is 0.675. The van der Waals surface area contributed by atoms with Gasteiger partial charge in [-0.25, -0.2) is 0 Å². The van der Waals surface area contributed by atoms with Gasteiger partial charge in [0.25, 0.3) is 5.91 Å². The molecule has 2 aromatic heterocycles. The van der Waals surface area contributed by atoms with Crippen LogP contribution in [-0.2, 0) is 6.54 Å². The summed E-state index contributed by atoms with van der Waals surface area (Å²) in [5.41, 5.74) is 1.50. The molecule has 1 aromatic carbocycles. The molecule has 28 heavy (non-hydrogen) atoms. The average molecular weight is 416 g/mol. The van der Waals surface area contributed by atoms with Gasteiger partial charge in [0.1, 0.15) is 5.69 Å². The zero-order chi connectivity index (χ0) is 19.3. The maximum absolute atomic E-state index is 12.7. The van der Waals surface area contributed by atoms with Crippen LogP contribution in [-0.4, -0.2) is 33.8 Å². The Morgan fingerprint density at radius 3 is 2.64 bits per heavy atom. The van der Waals surface area contributed by atoms with E-state index in [1.54, 1.807) is 10.6 Å². The number of amides is 1. The third-order valence-electron chi connectivity index (χ3n) is 4.81. The molecule has 1 aliphatic rings.